The average molecular weight is 308 g/mol. The second-order valence-electron chi connectivity index (χ2n) is 5.80. The lowest BCUT2D eigenvalue weighted by Crippen LogP contribution is -2.44. The van der Waals surface area contributed by atoms with E-state index in [1.807, 2.05) is 25.1 Å². The van der Waals surface area contributed by atoms with Crippen LogP contribution in [-0.2, 0) is 0 Å². The molecular weight excluding hydrogens is 288 g/mol. The monoisotopic (exact) mass is 308 g/mol. The molecule has 1 aliphatic heterocycles. The highest BCUT2D eigenvalue weighted by atomic mass is 15.3. The number of rotatable bonds is 3. The number of nitriles is 1. The third-order valence-corrected chi connectivity index (χ3v) is 3.94. The molecule has 0 atom stereocenters. The Kier molecular flexibility index (Phi) is 4.40. The van der Waals surface area contributed by atoms with Crippen molar-refractivity contribution in [2.75, 3.05) is 43.4 Å². The predicted octanol–water partition coefficient (Wildman–Crippen LogP) is 2.15. The second kappa shape index (κ2) is 6.63. The fraction of sp³-hybridized carbons (Fsp3) is 0.353. The lowest BCUT2D eigenvalue weighted by molar-refractivity contribution is 0.312. The summed E-state index contributed by atoms with van der Waals surface area (Å²) in [6, 6.07) is 11.4. The minimum absolute atomic E-state index is 0.587. The van der Waals surface area contributed by atoms with Crippen LogP contribution in [0.4, 0.5) is 17.5 Å². The summed E-state index contributed by atoms with van der Waals surface area (Å²) >= 11 is 0. The standard InChI is InChI=1S/C17H20N6/c1-13-11-16(23-9-7-22(2)8-10-23)21-17(19-13)20-15-5-3-14(12-18)4-6-15/h3-6,11H,7-10H2,1-2H3,(H,19,20,21). The summed E-state index contributed by atoms with van der Waals surface area (Å²) in [7, 11) is 2.14. The molecule has 2 heterocycles. The Labute approximate surface area is 136 Å². The Morgan fingerprint density at radius 1 is 1.09 bits per heavy atom. The van der Waals surface area contributed by atoms with Crippen molar-refractivity contribution in [2.45, 2.75) is 6.92 Å². The number of nitrogens with one attached hydrogen (secondary N) is 1. The van der Waals surface area contributed by atoms with Gasteiger partial charge in [-0.05, 0) is 38.2 Å². The number of anilines is 3. The smallest absolute Gasteiger partial charge is 0.229 e. The zero-order valence-electron chi connectivity index (χ0n) is 13.5. The number of aromatic nitrogens is 2. The van der Waals surface area contributed by atoms with Crippen LogP contribution in [-0.4, -0.2) is 48.1 Å². The second-order valence-corrected chi connectivity index (χ2v) is 5.80. The predicted molar refractivity (Wildman–Crippen MR) is 90.9 cm³/mol. The van der Waals surface area contributed by atoms with Gasteiger partial charge in [0.15, 0.2) is 0 Å². The first kappa shape index (κ1) is 15.3. The average Bonchev–Trinajstić information content (AvgIpc) is 2.56. The Morgan fingerprint density at radius 3 is 2.43 bits per heavy atom. The molecule has 0 spiro atoms. The summed E-state index contributed by atoms with van der Waals surface area (Å²) in [5.41, 5.74) is 2.45. The first-order chi connectivity index (χ1) is 11.1. The van der Waals surface area contributed by atoms with Gasteiger partial charge in [0.25, 0.3) is 0 Å². The Balaban J connectivity index is 1.78. The van der Waals surface area contributed by atoms with Crippen LogP contribution in [0.3, 0.4) is 0 Å². The Bertz CT molecular complexity index is 711. The summed E-state index contributed by atoms with van der Waals surface area (Å²) < 4.78 is 0. The van der Waals surface area contributed by atoms with Crippen LogP contribution in [0.2, 0.25) is 0 Å². The quantitative estimate of drug-likeness (QED) is 0.937. The van der Waals surface area contributed by atoms with Gasteiger partial charge in [-0.3, -0.25) is 0 Å². The minimum atomic E-state index is 0.587. The van der Waals surface area contributed by atoms with E-state index in [-0.39, 0.29) is 0 Å². The first-order valence-electron chi connectivity index (χ1n) is 7.70. The van der Waals surface area contributed by atoms with Gasteiger partial charge in [0.05, 0.1) is 11.6 Å². The van der Waals surface area contributed by atoms with Gasteiger partial charge >= 0.3 is 0 Å². The summed E-state index contributed by atoms with van der Waals surface area (Å²) in [5.74, 6) is 1.55. The van der Waals surface area contributed by atoms with E-state index >= 15 is 0 Å². The number of aryl methyl sites for hydroxylation is 1. The van der Waals surface area contributed by atoms with Crippen molar-refractivity contribution in [1.29, 1.82) is 5.26 Å². The molecule has 0 aliphatic carbocycles. The maximum atomic E-state index is 8.85. The molecule has 1 saturated heterocycles. The third kappa shape index (κ3) is 3.76. The van der Waals surface area contributed by atoms with Crippen LogP contribution in [0.5, 0.6) is 0 Å². The molecule has 6 nitrogen and oxygen atoms in total. The number of likely N-dealkylation sites (N-methyl/N-ethyl adjacent to an activating group) is 1. The molecular formula is C17H20N6. The maximum Gasteiger partial charge on any atom is 0.229 e. The van der Waals surface area contributed by atoms with Gasteiger partial charge in [-0.1, -0.05) is 0 Å². The van der Waals surface area contributed by atoms with Gasteiger partial charge < -0.3 is 15.1 Å². The number of piperazine rings is 1. The van der Waals surface area contributed by atoms with E-state index in [4.69, 9.17) is 5.26 Å². The van der Waals surface area contributed by atoms with Crippen LogP contribution >= 0.6 is 0 Å². The van der Waals surface area contributed by atoms with E-state index in [0.29, 0.717) is 11.5 Å². The molecule has 3 rings (SSSR count). The Morgan fingerprint density at radius 2 is 1.78 bits per heavy atom. The fourth-order valence-corrected chi connectivity index (χ4v) is 2.56. The van der Waals surface area contributed by atoms with Gasteiger partial charge in [-0.15, -0.1) is 0 Å². The first-order valence-corrected chi connectivity index (χ1v) is 7.70. The van der Waals surface area contributed by atoms with Crippen molar-refractivity contribution >= 4 is 17.5 Å². The van der Waals surface area contributed by atoms with E-state index in [0.717, 1.165) is 43.4 Å². The van der Waals surface area contributed by atoms with Crippen molar-refractivity contribution in [1.82, 2.24) is 14.9 Å². The molecule has 1 aliphatic rings. The van der Waals surface area contributed by atoms with Crippen LogP contribution in [0, 0.1) is 18.3 Å². The topological polar surface area (TPSA) is 68.1 Å². The highest BCUT2D eigenvalue weighted by Crippen LogP contribution is 2.19. The molecule has 0 bridgehead atoms. The van der Waals surface area contributed by atoms with E-state index in [1.54, 1.807) is 12.1 Å². The molecule has 2 aromatic rings. The van der Waals surface area contributed by atoms with Crippen molar-refractivity contribution in [3.05, 3.63) is 41.6 Å². The minimum Gasteiger partial charge on any atom is -0.354 e. The molecule has 6 heteroatoms. The van der Waals surface area contributed by atoms with E-state index < -0.39 is 0 Å². The molecule has 23 heavy (non-hydrogen) atoms. The molecule has 0 radical (unpaired) electrons. The molecule has 1 aromatic carbocycles. The number of nitrogens with zero attached hydrogens (tertiary/aromatic N) is 5. The van der Waals surface area contributed by atoms with Crippen LogP contribution < -0.4 is 10.2 Å². The van der Waals surface area contributed by atoms with Gasteiger partial charge in [-0.2, -0.15) is 10.2 Å². The van der Waals surface area contributed by atoms with Gasteiger partial charge in [-0.25, -0.2) is 4.98 Å². The van der Waals surface area contributed by atoms with Crippen LogP contribution in [0.15, 0.2) is 30.3 Å². The van der Waals surface area contributed by atoms with Gasteiger partial charge in [0, 0.05) is 43.6 Å². The highest BCUT2D eigenvalue weighted by Gasteiger charge is 2.16. The van der Waals surface area contributed by atoms with E-state index in [1.165, 1.54) is 0 Å². The maximum absolute atomic E-state index is 8.85. The highest BCUT2D eigenvalue weighted by molar-refractivity contribution is 5.57. The molecule has 0 amide bonds. The SMILES string of the molecule is Cc1cc(N2CCN(C)CC2)nc(Nc2ccc(C#N)cc2)n1. The summed E-state index contributed by atoms with van der Waals surface area (Å²) in [6.07, 6.45) is 0. The van der Waals surface area contributed by atoms with Crippen molar-refractivity contribution in [2.24, 2.45) is 0 Å². The fourth-order valence-electron chi connectivity index (χ4n) is 2.56. The third-order valence-electron chi connectivity index (χ3n) is 3.94. The van der Waals surface area contributed by atoms with Crippen LogP contribution in [0.1, 0.15) is 11.3 Å². The number of hydrogen-bond donors (Lipinski definition) is 1. The van der Waals surface area contributed by atoms with Crippen molar-refractivity contribution in [3.63, 3.8) is 0 Å². The summed E-state index contributed by atoms with van der Waals surface area (Å²) in [4.78, 5) is 13.7. The van der Waals surface area contributed by atoms with Crippen molar-refractivity contribution in [3.8, 4) is 6.07 Å². The summed E-state index contributed by atoms with van der Waals surface area (Å²) in [6.45, 7) is 6.01. The number of hydrogen-bond acceptors (Lipinski definition) is 6. The van der Waals surface area contributed by atoms with Crippen molar-refractivity contribution < 1.29 is 0 Å². The molecule has 1 N–H and O–H groups in total. The molecule has 0 saturated carbocycles. The lowest BCUT2D eigenvalue weighted by Gasteiger charge is -2.33. The largest absolute Gasteiger partial charge is 0.354 e. The lowest BCUT2D eigenvalue weighted by atomic mass is 10.2. The van der Waals surface area contributed by atoms with Gasteiger partial charge in [0.1, 0.15) is 5.82 Å². The van der Waals surface area contributed by atoms with Gasteiger partial charge in [0.2, 0.25) is 5.95 Å². The Hall–Kier alpha value is -2.65. The molecule has 0 unspecified atom stereocenters. The van der Waals surface area contributed by atoms with Crippen LogP contribution in [0.25, 0.3) is 0 Å². The molecule has 1 fully saturated rings. The van der Waals surface area contributed by atoms with E-state index in [2.05, 4.69) is 38.2 Å². The number of benzene rings is 1. The summed E-state index contributed by atoms with van der Waals surface area (Å²) in [5, 5.41) is 12.1. The zero-order valence-corrected chi connectivity index (χ0v) is 13.5. The molecule has 1 aromatic heterocycles. The van der Waals surface area contributed by atoms with E-state index in [9.17, 15) is 0 Å². The normalized spacial score (nSPS) is 15.3. The molecule has 118 valence electrons. The zero-order chi connectivity index (χ0) is 16.2.